The lowest BCUT2D eigenvalue weighted by atomic mass is 10.2. The lowest BCUT2D eigenvalue weighted by molar-refractivity contribution is -0.144. The van der Waals surface area contributed by atoms with Crippen molar-refractivity contribution in [3.05, 3.63) is 29.3 Å². The van der Waals surface area contributed by atoms with Crippen LogP contribution in [-0.4, -0.2) is 63.6 Å². The van der Waals surface area contributed by atoms with Crippen molar-refractivity contribution in [3.8, 4) is 0 Å². The van der Waals surface area contributed by atoms with Crippen LogP contribution in [0.3, 0.4) is 0 Å². The zero-order chi connectivity index (χ0) is 20.2. The molecule has 0 spiro atoms. The smallest absolute Gasteiger partial charge is 0.325 e. The largest absolute Gasteiger partial charge is 0.465 e. The fourth-order valence-electron chi connectivity index (χ4n) is 2.52. The fourth-order valence-corrected chi connectivity index (χ4v) is 4.14. The lowest BCUT2D eigenvalue weighted by Gasteiger charge is -2.33. The topological polar surface area (TPSA) is 102 Å². The van der Waals surface area contributed by atoms with Crippen LogP contribution in [0.15, 0.2) is 17.0 Å². The molecular formula is C16H20F2N2O6S. The number of sulfonamides is 1. The Hall–Kier alpha value is -2.11. The number of halogens is 2. The standard InChI is InChI=1S/C16H20F2N2O6S/c1-3-26-15(21)8-19-16(22)13-9-25-5-4-20(13)27(23,24)14-7-11(17)10(2)6-12(14)18/h6-7,13H,3-5,8-9H2,1-2H3,(H,19,22)/t13-/m0/s1. The molecule has 1 aliphatic heterocycles. The van der Waals surface area contributed by atoms with Crippen LogP contribution in [0.5, 0.6) is 0 Å². The summed E-state index contributed by atoms with van der Waals surface area (Å²) >= 11 is 0. The Bertz CT molecular complexity index is 830. The van der Waals surface area contributed by atoms with E-state index in [1.54, 1.807) is 6.92 Å². The number of carbonyl (C=O) groups is 2. The third-order valence-electron chi connectivity index (χ3n) is 3.89. The van der Waals surface area contributed by atoms with Crippen LogP contribution in [0.2, 0.25) is 0 Å². The summed E-state index contributed by atoms with van der Waals surface area (Å²) in [5, 5.41) is 2.26. The van der Waals surface area contributed by atoms with Crippen molar-refractivity contribution >= 4 is 21.9 Å². The van der Waals surface area contributed by atoms with Crippen LogP contribution in [0.4, 0.5) is 8.78 Å². The molecule has 2 rings (SSSR count). The molecular weight excluding hydrogens is 386 g/mol. The van der Waals surface area contributed by atoms with Gasteiger partial charge in [0.1, 0.15) is 29.1 Å². The Morgan fingerprint density at radius 3 is 2.70 bits per heavy atom. The van der Waals surface area contributed by atoms with Crippen LogP contribution in [0, 0.1) is 18.6 Å². The Labute approximate surface area is 155 Å². The van der Waals surface area contributed by atoms with Gasteiger partial charge in [-0.2, -0.15) is 4.31 Å². The highest BCUT2D eigenvalue weighted by Gasteiger charge is 2.40. The Morgan fingerprint density at radius 2 is 2.04 bits per heavy atom. The maximum Gasteiger partial charge on any atom is 0.325 e. The molecule has 0 saturated carbocycles. The van der Waals surface area contributed by atoms with Gasteiger partial charge in [-0.15, -0.1) is 0 Å². The molecule has 1 heterocycles. The van der Waals surface area contributed by atoms with E-state index in [1.807, 2.05) is 0 Å². The average Bonchev–Trinajstić information content (AvgIpc) is 2.62. The molecule has 0 radical (unpaired) electrons. The Morgan fingerprint density at radius 1 is 1.33 bits per heavy atom. The number of ether oxygens (including phenoxy) is 2. The summed E-state index contributed by atoms with van der Waals surface area (Å²) in [6.07, 6.45) is 0. The first-order valence-corrected chi connectivity index (χ1v) is 9.61. The number of benzene rings is 1. The number of esters is 1. The first-order chi connectivity index (χ1) is 12.7. The average molecular weight is 406 g/mol. The van der Waals surface area contributed by atoms with E-state index in [0.717, 1.165) is 10.4 Å². The molecule has 1 aromatic rings. The van der Waals surface area contributed by atoms with Crippen molar-refractivity contribution in [3.63, 3.8) is 0 Å². The van der Waals surface area contributed by atoms with Crippen molar-refractivity contribution in [1.29, 1.82) is 0 Å². The molecule has 1 saturated heterocycles. The van der Waals surface area contributed by atoms with Crippen LogP contribution in [0.25, 0.3) is 0 Å². The van der Waals surface area contributed by atoms with E-state index in [1.165, 1.54) is 6.92 Å². The zero-order valence-electron chi connectivity index (χ0n) is 14.8. The number of aryl methyl sites for hydroxylation is 1. The number of amides is 1. The SMILES string of the molecule is CCOC(=O)CNC(=O)[C@@H]1COCCN1S(=O)(=O)c1cc(F)c(C)cc1F. The van der Waals surface area contributed by atoms with Gasteiger partial charge in [0.25, 0.3) is 0 Å². The Balaban J connectivity index is 2.26. The van der Waals surface area contributed by atoms with Gasteiger partial charge in [0, 0.05) is 6.54 Å². The van der Waals surface area contributed by atoms with Gasteiger partial charge >= 0.3 is 5.97 Å². The van der Waals surface area contributed by atoms with E-state index in [-0.39, 0.29) is 31.9 Å². The second-order valence-corrected chi connectivity index (χ2v) is 7.62. The van der Waals surface area contributed by atoms with Gasteiger partial charge in [-0.1, -0.05) is 0 Å². The number of hydrogen-bond donors (Lipinski definition) is 1. The normalized spacial score (nSPS) is 18.1. The summed E-state index contributed by atoms with van der Waals surface area (Å²) in [6, 6.07) is 0.0311. The van der Waals surface area contributed by atoms with Crippen molar-refractivity contribution in [2.75, 3.05) is 32.9 Å². The van der Waals surface area contributed by atoms with E-state index >= 15 is 0 Å². The first kappa shape index (κ1) is 21.2. The maximum absolute atomic E-state index is 14.2. The van der Waals surface area contributed by atoms with E-state index in [4.69, 9.17) is 4.74 Å². The highest BCUT2D eigenvalue weighted by Crippen LogP contribution is 2.25. The zero-order valence-corrected chi connectivity index (χ0v) is 15.6. The van der Waals surface area contributed by atoms with Crippen molar-refractivity contribution in [2.45, 2.75) is 24.8 Å². The monoisotopic (exact) mass is 406 g/mol. The molecule has 1 aromatic carbocycles. The third-order valence-corrected chi connectivity index (χ3v) is 5.82. The molecule has 8 nitrogen and oxygen atoms in total. The van der Waals surface area contributed by atoms with Gasteiger partial charge in [0.2, 0.25) is 15.9 Å². The minimum atomic E-state index is -4.51. The van der Waals surface area contributed by atoms with Crippen LogP contribution in [-0.2, 0) is 29.1 Å². The second-order valence-electron chi connectivity index (χ2n) is 5.76. The minimum absolute atomic E-state index is 0.0170. The Kier molecular flexibility index (Phi) is 6.84. The number of nitrogens with zero attached hydrogens (tertiary/aromatic N) is 1. The van der Waals surface area contributed by atoms with Crippen molar-refractivity contribution in [2.24, 2.45) is 0 Å². The highest BCUT2D eigenvalue weighted by molar-refractivity contribution is 7.89. The molecule has 1 amide bonds. The summed E-state index contributed by atoms with van der Waals surface area (Å²) in [6.45, 7) is 2.04. The summed E-state index contributed by atoms with van der Waals surface area (Å²) in [7, 11) is -4.51. The predicted molar refractivity (Wildman–Crippen MR) is 89.2 cm³/mol. The van der Waals surface area contributed by atoms with Gasteiger partial charge in [-0.3, -0.25) is 9.59 Å². The lowest BCUT2D eigenvalue weighted by Crippen LogP contribution is -2.56. The summed E-state index contributed by atoms with van der Waals surface area (Å²) < 4.78 is 64.2. The van der Waals surface area contributed by atoms with E-state index in [2.05, 4.69) is 10.1 Å². The molecule has 1 aliphatic rings. The molecule has 150 valence electrons. The van der Waals surface area contributed by atoms with E-state index in [9.17, 15) is 26.8 Å². The molecule has 0 aliphatic carbocycles. The summed E-state index contributed by atoms with van der Waals surface area (Å²) in [5.41, 5.74) is -0.0443. The number of hydrogen-bond acceptors (Lipinski definition) is 6. The molecule has 11 heteroatoms. The number of rotatable bonds is 6. The van der Waals surface area contributed by atoms with Crippen molar-refractivity contribution < 1.29 is 36.3 Å². The fraction of sp³-hybridized carbons (Fsp3) is 0.500. The predicted octanol–water partition coefficient (Wildman–Crippen LogP) is 0.342. The highest BCUT2D eigenvalue weighted by atomic mass is 32.2. The number of carbonyl (C=O) groups excluding carboxylic acids is 2. The van der Waals surface area contributed by atoms with E-state index in [0.29, 0.717) is 6.07 Å². The van der Waals surface area contributed by atoms with Crippen LogP contribution < -0.4 is 5.32 Å². The van der Waals surface area contributed by atoms with Gasteiger partial charge in [-0.05, 0) is 31.5 Å². The van der Waals surface area contributed by atoms with Gasteiger partial charge in [0.05, 0.1) is 19.8 Å². The minimum Gasteiger partial charge on any atom is -0.465 e. The molecule has 27 heavy (non-hydrogen) atoms. The molecule has 0 aromatic heterocycles. The summed E-state index contributed by atoms with van der Waals surface area (Å²) in [4.78, 5) is 22.8. The van der Waals surface area contributed by atoms with Gasteiger partial charge in [-0.25, -0.2) is 17.2 Å². The van der Waals surface area contributed by atoms with Gasteiger partial charge in [0.15, 0.2) is 0 Å². The molecule has 0 unspecified atom stereocenters. The van der Waals surface area contributed by atoms with Gasteiger partial charge < -0.3 is 14.8 Å². The second kappa shape index (κ2) is 8.72. The van der Waals surface area contributed by atoms with Crippen LogP contribution >= 0.6 is 0 Å². The van der Waals surface area contributed by atoms with E-state index < -0.39 is 51.0 Å². The summed E-state index contributed by atoms with van der Waals surface area (Å²) in [5.74, 6) is -3.50. The molecule has 0 bridgehead atoms. The van der Waals surface area contributed by atoms with Crippen molar-refractivity contribution in [1.82, 2.24) is 9.62 Å². The maximum atomic E-state index is 14.2. The van der Waals surface area contributed by atoms with Crippen LogP contribution in [0.1, 0.15) is 12.5 Å². The first-order valence-electron chi connectivity index (χ1n) is 8.17. The molecule has 1 N–H and O–H groups in total. The quantitative estimate of drug-likeness (QED) is 0.684. The number of nitrogens with one attached hydrogen (secondary N) is 1. The third kappa shape index (κ3) is 4.79. The molecule has 1 fully saturated rings. The number of morpholine rings is 1. The molecule has 1 atom stereocenters.